The summed E-state index contributed by atoms with van der Waals surface area (Å²) in [4.78, 5) is 4.55. The number of halogens is 4. The zero-order valence-electron chi connectivity index (χ0n) is 10.4. The second-order valence-electron chi connectivity index (χ2n) is 4.39. The standard InChI is InChI=1S/C11H20ClF3N2O/c12-2-4-17-7-5-16(6-8-17)3-1-9-18-10-11(13,14)15/h1-10H2. The third-order valence-electron chi connectivity index (χ3n) is 2.89. The summed E-state index contributed by atoms with van der Waals surface area (Å²) in [7, 11) is 0. The van der Waals surface area contributed by atoms with Crippen LogP contribution in [0.3, 0.4) is 0 Å². The number of rotatable bonds is 7. The first-order chi connectivity index (χ1) is 8.51. The summed E-state index contributed by atoms with van der Waals surface area (Å²) in [5.41, 5.74) is 0. The minimum Gasteiger partial charge on any atom is -0.372 e. The van der Waals surface area contributed by atoms with Gasteiger partial charge in [-0.15, -0.1) is 11.6 Å². The number of piperazine rings is 1. The van der Waals surface area contributed by atoms with Gasteiger partial charge >= 0.3 is 6.18 Å². The van der Waals surface area contributed by atoms with E-state index >= 15 is 0 Å². The largest absolute Gasteiger partial charge is 0.411 e. The van der Waals surface area contributed by atoms with E-state index in [1.165, 1.54) is 0 Å². The van der Waals surface area contributed by atoms with Crippen LogP contribution in [-0.2, 0) is 4.74 Å². The van der Waals surface area contributed by atoms with Crippen molar-refractivity contribution in [3.05, 3.63) is 0 Å². The fourth-order valence-corrected chi connectivity index (χ4v) is 2.17. The van der Waals surface area contributed by atoms with Crippen molar-refractivity contribution in [2.75, 3.05) is 58.4 Å². The molecule has 18 heavy (non-hydrogen) atoms. The summed E-state index contributed by atoms with van der Waals surface area (Å²) in [6.07, 6.45) is -3.57. The second kappa shape index (κ2) is 8.19. The summed E-state index contributed by atoms with van der Waals surface area (Å²) in [6, 6.07) is 0. The van der Waals surface area contributed by atoms with E-state index in [2.05, 4.69) is 14.5 Å². The Bertz CT molecular complexity index is 221. The minimum atomic E-state index is -4.22. The highest BCUT2D eigenvalue weighted by Crippen LogP contribution is 2.14. The van der Waals surface area contributed by atoms with Crippen molar-refractivity contribution in [2.45, 2.75) is 12.6 Å². The predicted octanol–water partition coefficient (Wildman–Crippen LogP) is 1.81. The molecule has 0 aromatic heterocycles. The quantitative estimate of drug-likeness (QED) is 0.525. The van der Waals surface area contributed by atoms with Crippen LogP contribution in [0.1, 0.15) is 6.42 Å². The lowest BCUT2D eigenvalue weighted by atomic mass is 10.3. The van der Waals surface area contributed by atoms with Crippen LogP contribution >= 0.6 is 11.6 Å². The van der Waals surface area contributed by atoms with Gasteiger partial charge in [0.05, 0.1) is 0 Å². The molecule has 0 bridgehead atoms. The van der Waals surface area contributed by atoms with E-state index in [0.29, 0.717) is 12.3 Å². The maximum absolute atomic E-state index is 11.8. The lowest BCUT2D eigenvalue weighted by Gasteiger charge is -2.34. The smallest absolute Gasteiger partial charge is 0.372 e. The van der Waals surface area contributed by atoms with Crippen molar-refractivity contribution in [1.29, 1.82) is 0 Å². The fraction of sp³-hybridized carbons (Fsp3) is 1.00. The number of ether oxygens (including phenoxy) is 1. The Balaban J connectivity index is 1.98. The molecule has 1 saturated heterocycles. The summed E-state index contributed by atoms with van der Waals surface area (Å²) in [5, 5.41) is 0. The average molecular weight is 289 g/mol. The van der Waals surface area contributed by atoms with Gasteiger partial charge < -0.3 is 9.64 Å². The topological polar surface area (TPSA) is 15.7 Å². The minimum absolute atomic E-state index is 0.168. The van der Waals surface area contributed by atoms with Gasteiger partial charge in [-0.2, -0.15) is 13.2 Å². The van der Waals surface area contributed by atoms with Crippen LogP contribution < -0.4 is 0 Å². The van der Waals surface area contributed by atoms with Crippen LogP contribution in [0, 0.1) is 0 Å². The van der Waals surface area contributed by atoms with Crippen molar-refractivity contribution in [3.8, 4) is 0 Å². The number of hydrogen-bond acceptors (Lipinski definition) is 3. The van der Waals surface area contributed by atoms with Crippen molar-refractivity contribution >= 4 is 11.6 Å². The Morgan fingerprint density at radius 1 is 1.00 bits per heavy atom. The molecule has 1 aliphatic rings. The molecule has 0 atom stereocenters. The Morgan fingerprint density at radius 3 is 2.06 bits per heavy atom. The summed E-state index contributed by atoms with van der Waals surface area (Å²) >= 11 is 5.66. The van der Waals surface area contributed by atoms with Crippen molar-refractivity contribution in [2.24, 2.45) is 0 Å². The van der Waals surface area contributed by atoms with Crippen LogP contribution in [-0.4, -0.2) is 74.3 Å². The van der Waals surface area contributed by atoms with Gasteiger partial charge in [0.15, 0.2) is 0 Å². The van der Waals surface area contributed by atoms with Gasteiger partial charge in [0.25, 0.3) is 0 Å². The highest BCUT2D eigenvalue weighted by atomic mass is 35.5. The third kappa shape index (κ3) is 7.41. The van der Waals surface area contributed by atoms with Gasteiger partial charge in [-0.3, -0.25) is 4.90 Å². The molecule has 0 spiro atoms. The molecule has 0 N–H and O–H groups in total. The van der Waals surface area contributed by atoms with Crippen LogP contribution in [0.4, 0.5) is 13.2 Å². The Hall–Kier alpha value is -0.0400. The van der Waals surface area contributed by atoms with Crippen LogP contribution in [0.2, 0.25) is 0 Å². The molecule has 0 unspecified atom stereocenters. The number of alkyl halides is 4. The molecule has 0 aliphatic carbocycles. The van der Waals surface area contributed by atoms with E-state index in [-0.39, 0.29) is 6.61 Å². The van der Waals surface area contributed by atoms with Crippen LogP contribution in [0.25, 0.3) is 0 Å². The molecule has 1 rings (SSSR count). The van der Waals surface area contributed by atoms with E-state index in [4.69, 9.17) is 11.6 Å². The van der Waals surface area contributed by atoms with E-state index in [0.717, 1.165) is 39.3 Å². The molecule has 108 valence electrons. The first-order valence-corrected chi connectivity index (χ1v) is 6.70. The Labute approximate surface area is 111 Å². The van der Waals surface area contributed by atoms with Gasteiger partial charge in [0, 0.05) is 51.8 Å². The zero-order chi connectivity index (χ0) is 13.4. The zero-order valence-corrected chi connectivity index (χ0v) is 11.1. The first kappa shape index (κ1) is 16.0. The third-order valence-corrected chi connectivity index (χ3v) is 3.06. The van der Waals surface area contributed by atoms with Gasteiger partial charge in [-0.05, 0) is 6.42 Å². The average Bonchev–Trinajstić information content (AvgIpc) is 2.30. The van der Waals surface area contributed by atoms with Crippen molar-refractivity contribution < 1.29 is 17.9 Å². The van der Waals surface area contributed by atoms with Gasteiger partial charge in [0.1, 0.15) is 6.61 Å². The maximum atomic E-state index is 11.8. The number of hydrogen-bond donors (Lipinski definition) is 0. The van der Waals surface area contributed by atoms with Crippen molar-refractivity contribution in [1.82, 2.24) is 9.80 Å². The van der Waals surface area contributed by atoms with Gasteiger partial charge in [-0.1, -0.05) is 0 Å². The molecular weight excluding hydrogens is 269 g/mol. The molecular formula is C11H20ClF3N2O. The maximum Gasteiger partial charge on any atom is 0.411 e. The molecule has 0 radical (unpaired) electrons. The predicted molar refractivity (Wildman–Crippen MR) is 65.1 cm³/mol. The summed E-state index contributed by atoms with van der Waals surface area (Å²) < 4.78 is 40.0. The molecule has 1 aliphatic heterocycles. The SMILES string of the molecule is FC(F)(F)COCCCN1CCN(CCCl)CC1. The van der Waals surface area contributed by atoms with Crippen LogP contribution in [0.5, 0.6) is 0 Å². The van der Waals surface area contributed by atoms with E-state index in [9.17, 15) is 13.2 Å². The summed E-state index contributed by atoms with van der Waals surface area (Å²) in [5.74, 6) is 0.644. The normalized spacial score (nSPS) is 19.3. The second-order valence-corrected chi connectivity index (χ2v) is 4.77. The molecule has 1 fully saturated rings. The molecule has 1 heterocycles. The highest BCUT2D eigenvalue weighted by Gasteiger charge is 2.27. The molecule has 0 aromatic rings. The van der Waals surface area contributed by atoms with Gasteiger partial charge in [0.2, 0.25) is 0 Å². The monoisotopic (exact) mass is 288 g/mol. The molecule has 3 nitrogen and oxygen atoms in total. The highest BCUT2D eigenvalue weighted by molar-refractivity contribution is 6.18. The molecule has 0 saturated carbocycles. The molecule has 0 amide bonds. The van der Waals surface area contributed by atoms with Gasteiger partial charge in [-0.25, -0.2) is 0 Å². The molecule has 0 aromatic carbocycles. The van der Waals surface area contributed by atoms with Crippen LogP contribution in [0.15, 0.2) is 0 Å². The lowest BCUT2D eigenvalue weighted by molar-refractivity contribution is -0.174. The summed E-state index contributed by atoms with van der Waals surface area (Å²) in [6.45, 7) is 4.60. The van der Waals surface area contributed by atoms with E-state index < -0.39 is 12.8 Å². The lowest BCUT2D eigenvalue weighted by Crippen LogP contribution is -2.47. The van der Waals surface area contributed by atoms with E-state index in [1.54, 1.807) is 0 Å². The van der Waals surface area contributed by atoms with Crippen molar-refractivity contribution in [3.63, 3.8) is 0 Å². The Kier molecular flexibility index (Phi) is 7.29. The fourth-order valence-electron chi connectivity index (χ4n) is 1.93. The number of nitrogens with zero attached hydrogens (tertiary/aromatic N) is 2. The Morgan fingerprint density at radius 2 is 1.56 bits per heavy atom. The first-order valence-electron chi connectivity index (χ1n) is 6.16. The van der Waals surface area contributed by atoms with E-state index in [1.807, 2.05) is 0 Å². The molecule has 7 heteroatoms.